The average Bonchev–Trinajstić information content (AvgIpc) is 3.14. The van der Waals surface area contributed by atoms with E-state index in [9.17, 15) is 9.18 Å². The van der Waals surface area contributed by atoms with Crippen LogP contribution in [0.3, 0.4) is 0 Å². The average molecular weight is 325 g/mol. The summed E-state index contributed by atoms with van der Waals surface area (Å²) in [6.07, 6.45) is 4.93. The van der Waals surface area contributed by atoms with Crippen LogP contribution >= 0.6 is 0 Å². The lowest BCUT2D eigenvalue weighted by Crippen LogP contribution is -2.34. The molecule has 122 valence electrons. The summed E-state index contributed by atoms with van der Waals surface area (Å²) in [5, 5.41) is 5.47. The Morgan fingerprint density at radius 2 is 1.71 bits per heavy atom. The number of hydrogen-bond donors (Lipinski definition) is 2. The molecule has 3 rings (SSSR count). The van der Waals surface area contributed by atoms with Gasteiger partial charge in [-0.15, -0.1) is 0 Å². The number of carbonyl (C=O) groups excluding carboxylic acids is 1. The maximum Gasteiger partial charge on any atom is 0.315 e. The van der Waals surface area contributed by atoms with Crippen LogP contribution in [0.1, 0.15) is 11.1 Å². The summed E-state index contributed by atoms with van der Waals surface area (Å²) < 4.78 is 17.8. The molecule has 1 aromatic carbocycles. The Bertz CT molecular complexity index is 784. The van der Waals surface area contributed by atoms with Crippen molar-refractivity contribution in [3.63, 3.8) is 0 Å². The molecule has 2 amide bonds. The van der Waals surface area contributed by atoms with Crippen LogP contribution in [0.5, 0.6) is 0 Å². The van der Waals surface area contributed by atoms with Crippen LogP contribution in [-0.2, 0) is 13.1 Å². The van der Waals surface area contributed by atoms with Gasteiger partial charge in [-0.2, -0.15) is 0 Å². The van der Waals surface area contributed by atoms with Crippen molar-refractivity contribution >= 4 is 6.03 Å². The second-order valence-electron chi connectivity index (χ2n) is 5.23. The maximum atomic E-state index is 12.8. The zero-order chi connectivity index (χ0) is 16.8. The van der Waals surface area contributed by atoms with Gasteiger partial charge in [0.25, 0.3) is 0 Å². The molecule has 0 aliphatic heterocycles. The number of amides is 2. The first-order valence-electron chi connectivity index (χ1n) is 7.44. The normalized spacial score (nSPS) is 10.4. The van der Waals surface area contributed by atoms with E-state index in [1.165, 1.54) is 12.1 Å². The Balaban J connectivity index is 1.46. The number of halogens is 1. The number of rotatable bonds is 5. The lowest BCUT2D eigenvalue weighted by molar-refractivity contribution is 0.240. The van der Waals surface area contributed by atoms with Gasteiger partial charge in [0.15, 0.2) is 0 Å². The fourth-order valence-corrected chi connectivity index (χ4v) is 2.14. The molecule has 3 aromatic rings. The minimum absolute atomic E-state index is 0.293. The summed E-state index contributed by atoms with van der Waals surface area (Å²) in [4.78, 5) is 16.1. The van der Waals surface area contributed by atoms with E-state index in [1.54, 1.807) is 30.9 Å². The molecule has 6 heteroatoms. The Morgan fingerprint density at radius 3 is 2.33 bits per heavy atom. The standard InChI is InChI=1S/C18H16FN3O2/c19-16-4-1-13(2-5-16)9-21-18(23)22-11-14-3-6-17(20-10-14)15-7-8-24-12-15/h1-8,10,12H,9,11H2,(H2,21,22,23). The number of benzene rings is 1. The molecule has 24 heavy (non-hydrogen) atoms. The van der Waals surface area contributed by atoms with Gasteiger partial charge in [-0.3, -0.25) is 4.98 Å². The number of aromatic nitrogens is 1. The van der Waals surface area contributed by atoms with E-state index in [1.807, 2.05) is 18.2 Å². The van der Waals surface area contributed by atoms with E-state index in [2.05, 4.69) is 15.6 Å². The number of urea groups is 1. The van der Waals surface area contributed by atoms with E-state index in [-0.39, 0.29) is 11.8 Å². The second-order valence-corrected chi connectivity index (χ2v) is 5.23. The van der Waals surface area contributed by atoms with Crippen LogP contribution in [-0.4, -0.2) is 11.0 Å². The summed E-state index contributed by atoms with van der Waals surface area (Å²) in [6, 6.07) is 11.3. The minimum atomic E-state index is -0.297. The quantitative estimate of drug-likeness (QED) is 0.755. The van der Waals surface area contributed by atoms with E-state index >= 15 is 0 Å². The molecule has 2 heterocycles. The molecule has 0 saturated heterocycles. The maximum absolute atomic E-state index is 12.8. The van der Waals surface area contributed by atoms with Crippen molar-refractivity contribution < 1.29 is 13.6 Å². The first kappa shape index (κ1) is 15.7. The van der Waals surface area contributed by atoms with Crippen LogP contribution < -0.4 is 10.6 Å². The minimum Gasteiger partial charge on any atom is -0.472 e. The van der Waals surface area contributed by atoms with Gasteiger partial charge < -0.3 is 15.1 Å². The zero-order valence-corrected chi connectivity index (χ0v) is 12.8. The van der Waals surface area contributed by atoms with Crippen molar-refractivity contribution in [3.05, 3.63) is 78.1 Å². The van der Waals surface area contributed by atoms with Crippen LogP contribution in [0.2, 0.25) is 0 Å². The van der Waals surface area contributed by atoms with Crippen molar-refractivity contribution in [2.45, 2.75) is 13.1 Å². The van der Waals surface area contributed by atoms with Crippen LogP contribution in [0.4, 0.5) is 9.18 Å². The lowest BCUT2D eigenvalue weighted by atomic mass is 10.2. The summed E-state index contributed by atoms with van der Waals surface area (Å²) in [7, 11) is 0. The number of hydrogen-bond acceptors (Lipinski definition) is 3. The van der Waals surface area contributed by atoms with Crippen LogP contribution in [0, 0.1) is 5.82 Å². The Hall–Kier alpha value is -3.15. The molecular formula is C18H16FN3O2. The molecule has 0 aliphatic carbocycles. The van der Waals surface area contributed by atoms with Crippen molar-refractivity contribution in [2.24, 2.45) is 0 Å². The highest BCUT2D eigenvalue weighted by molar-refractivity contribution is 5.73. The molecular weight excluding hydrogens is 309 g/mol. The molecule has 0 fully saturated rings. The molecule has 2 N–H and O–H groups in total. The molecule has 0 radical (unpaired) electrons. The van der Waals surface area contributed by atoms with Crippen LogP contribution in [0.15, 0.2) is 65.6 Å². The number of pyridine rings is 1. The third kappa shape index (κ3) is 4.19. The highest BCUT2D eigenvalue weighted by Crippen LogP contribution is 2.16. The van der Waals surface area contributed by atoms with E-state index in [0.717, 1.165) is 22.4 Å². The second kappa shape index (κ2) is 7.41. The Kier molecular flexibility index (Phi) is 4.86. The third-order valence-corrected chi connectivity index (χ3v) is 3.46. The van der Waals surface area contributed by atoms with Gasteiger partial charge >= 0.3 is 6.03 Å². The van der Waals surface area contributed by atoms with Crippen molar-refractivity contribution in [1.29, 1.82) is 0 Å². The summed E-state index contributed by atoms with van der Waals surface area (Å²) in [5.41, 5.74) is 3.44. The predicted octanol–water partition coefficient (Wildman–Crippen LogP) is 3.48. The SMILES string of the molecule is O=C(NCc1ccc(F)cc1)NCc1ccc(-c2ccoc2)nc1. The smallest absolute Gasteiger partial charge is 0.315 e. The van der Waals surface area contributed by atoms with E-state index in [0.29, 0.717) is 13.1 Å². The fraction of sp³-hybridized carbons (Fsp3) is 0.111. The third-order valence-electron chi connectivity index (χ3n) is 3.46. The largest absolute Gasteiger partial charge is 0.472 e. The number of nitrogens with one attached hydrogen (secondary N) is 2. The Morgan fingerprint density at radius 1 is 1.00 bits per heavy atom. The summed E-state index contributed by atoms with van der Waals surface area (Å²) >= 11 is 0. The highest BCUT2D eigenvalue weighted by Gasteiger charge is 2.03. The monoisotopic (exact) mass is 325 g/mol. The molecule has 0 unspecified atom stereocenters. The van der Waals surface area contributed by atoms with Gasteiger partial charge in [0.05, 0.1) is 18.2 Å². The molecule has 0 bridgehead atoms. The molecule has 0 spiro atoms. The molecule has 0 aliphatic rings. The van der Waals surface area contributed by atoms with Crippen molar-refractivity contribution in [3.8, 4) is 11.3 Å². The summed E-state index contributed by atoms with van der Waals surface area (Å²) in [6.45, 7) is 0.706. The van der Waals surface area contributed by atoms with Crippen molar-refractivity contribution in [2.75, 3.05) is 0 Å². The molecule has 5 nitrogen and oxygen atoms in total. The fourth-order valence-electron chi connectivity index (χ4n) is 2.14. The van der Waals surface area contributed by atoms with Gasteiger partial charge in [0.1, 0.15) is 5.82 Å². The first-order chi connectivity index (χ1) is 11.7. The molecule has 0 saturated carbocycles. The van der Waals surface area contributed by atoms with Gasteiger partial charge in [-0.1, -0.05) is 18.2 Å². The van der Waals surface area contributed by atoms with Crippen LogP contribution in [0.25, 0.3) is 11.3 Å². The van der Waals surface area contributed by atoms with Gasteiger partial charge in [0, 0.05) is 24.8 Å². The first-order valence-corrected chi connectivity index (χ1v) is 7.44. The van der Waals surface area contributed by atoms with E-state index in [4.69, 9.17) is 4.42 Å². The zero-order valence-electron chi connectivity index (χ0n) is 12.8. The number of carbonyl (C=O) groups is 1. The van der Waals surface area contributed by atoms with E-state index < -0.39 is 0 Å². The number of furan rings is 1. The predicted molar refractivity (Wildman–Crippen MR) is 87.4 cm³/mol. The van der Waals surface area contributed by atoms with Gasteiger partial charge in [-0.05, 0) is 35.4 Å². The van der Waals surface area contributed by atoms with Crippen molar-refractivity contribution in [1.82, 2.24) is 15.6 Å². The van der Waals surface area contributed by atoms with Gasteiger partial charge in [-0.25, -0.2) is 9.18 Å². The highest BCUT2D eigenvalue weighted by atomic mass is 19.1. The number of nitrogens with zero attached hydrogens (tertiary/aromatic N) is 1. The Labute approximate surface area is 138 Å². The molecule has 2 aromatic heterocycles. The topological polar surface area (TPSA) is 67.2 Å². The van der Waals surface area contributed by atoms with Gasteiger partial charge in [0.2, 0.25) is 0 Å². The molecule has 0 atom stereocenters. The summed E-state index contributed by atoms with van der Waals surface area (Å²) in [5.74, 6) is -0.297. The lowest BCUT2D eigenvalue weighted by Gasteiger charge is -2.08.